The van der Waals surface area contributed by atoms with E-state index < -0.39 is 5.97 Å². The molecule has 0 radical (unpaired) electrons. The number of hydrogen-bond acceptors (Lipinski definition) is 2. The molecule has 1 aromatic heterocycles. The van der Waals surface area contributed by atoms with E-state index in [2.05, 4.69) is 5.10 Å². The first kappa shape index (κ1) is 12.6. The molecule has 1 N–H and O–H groups in total. The Morgan fingerprint density at radius 2 is 1.83 bits per heavy atom. The molecule has 1 heterocycles. The molecule has 1 aromatic carbocycles. The number of carboxylic acid groups (broad SMARTS) is 1. The highest BCUT2D eigenvalue weighted by Gasteiger charge is 2.18. The van der Waals surface area contributed by atoms with Crippen molar-refractivity contribution in [2.24, 2.45) is 0 Å². The van der Waals surface area contributed by atoms with Crippen LogP contribution >= 0.6 is 11.6 Å². The summed E-state index contributed by atoms with van der Waals surface area (Å²) in [7, 11) is 0. The van der Waals surface area contributed by atoms with Gasteiger partial charge in [-0.3, -0.25) is 0 Å². The minimum absolute atomic E-state index is 0.0102. The minimum atomic E-state index is -1.08. The third-order valence-corrected chi connectivity index (χ3v) is 3.15. The lowest BCUT2D eigenvalue weighted by Crippen LogP contribution is -2.04. The number of aromatic carboxylic acids is 1. The second kappa shape index (κ2) is 4.46. The zero-order chi connectivity index (χ0) is 13.4. The molecular formula is C13H13ClN2O2. The monoisotopic (exact) mass is 264 g/mol. The molecule has 0 saturated heterocycles. The Labute approximate surface area is 110 Å². The van der Waals surface area contributed by atoms with E-state index in [1.165, 1.54) is 10.9 Å². The number of hydrogen-bond donors (Lipinski definition) is 1. The summed E-state index contributed by atoms with van der Waals surface area (Å²) in [5.41, 5.74) is 4.01. The van der Waals surface area contributed by atoms with E-state index in [1.807, 2.05) is 32.9 Å². The molecule has 4 nitrogen and oxygen atoms in total. The van der Waals surface area contributed by atoms with Crippen LogP contribution in [0.5, 0.6) is 0 Å². The average Bonchev–Trinajstić information content (AvgIpc) is 2.59. The van der Waals surface area contributed by atoms with E-state index in [9.17, 15) is 4.79 Å². The van der Waals surface area contributed by atoms with E-state index in [4.69, 9.17) is 16.7 Å². The van der Waals surface area contributed by atoms with Crippen molar-refractivity contribution in [1.29, 1.82) is 0 Å². The molecule has 0 aliphatic rings. The van der Waals surface area contributed by atoms with Crippen molar-refractivity contribution in [2.45, 2.75) is 20.8 Å². The van der Waals surface area contributed by atoms with E-state index in [0.717, 1.165) is 22.4 Å². The Hall–Kier alpha value is -1.81. The Morgan fingerprint density at radius 3 is 2.28 bits per heavy atom. The van der Waals surface area contributed by atoms with Crippen LogP contribution in [0.2, 0.25) is 5.15 Å². The smallest absolute Gasteiger partial charge is 0.340 e. The van der Waals surface area contributed by atoms with Gasteiger partial charge in [0.1, 0.15) is 10.7 Å². The van der Waals surface area contributed by atoms with Gasteiger partial charge in [-0.15, -0.1) is 0 Å². The summed E-state index contributed by atoms with van der Waals surface area (Å²) in [6.07, 6.45) is 1.27. The number of nitrogens with zero attached hydrogens (tertiary/aromatic N) is 2. The summed E-state index contributed by atoms with van der Waals surface area (Å²) in [5, 5.41) is 13.2. The number of carboxylic acids is 1. The number of aromatic nitrogens is 2. The standard InChI is InChI=1S/C13H13ClN2O2/c1-7-4-8(2)11(9(3)5-7)16-12(14)10(6-15-16)13(17)18/h4-6H,1-3H3,(H,17,18). The minimum Gasteiger partial charge on any atom is -0.478 e. The van der Waals surface area contributed by atoms with Crippen LogP contribution in [-0.4, -0.2) is 20.9 Å². The van der Waals surface area contributed by atoms with Crippen LogP contribution in [0.3, 0.4) is 0 Å². The third-order valence-electron chi connectivity index (χ3n) is 2.79. The molecule has 0 unspecified atom stereocenters. The van der Waals surface area contributed by atoms with Crippen molar-refractivity contribution >= 4 is 17.6 Å². The van der Waals surface area contributed by atoms with Crippen molar-refractivity contribution in [2.75, 3.05) is 0 Å². The van der Waals surface area contributed by atoms with Crippen LogP contribution in [0.4, 0.5) is 0 Å². The second-order valence-corrected chi connectivity index (χ2v) is 4.67. The predicted molar refractivity (Wildman–Crippen MR) is 69.7 cm³/mol. The molecule has 2 aromatic rings. The number of rotatable bonds is 2. The van der Waals surface area contributed by atoms with Gasteiger partial charge in [0.15, 0.2) is 0 Å². The Morgan fingerprint density at radius 1 is 1.28 bits per heavy atom. The second-order valence-electron chi connectivity index (χ2n) is 4.31. The molecule has 0 bridgehead atoms. The largest absolute Gasteiger partial charge is 0.478 e. The van der Waals surface area contributed by atoms with Gasteiger partial charge in [0.25, 0.3) is 0 Å². The maximum atomic E-state index is 11.0. The topological polar surface area (TPSA) is 55.1 Å². The highest BCUT2D eigenvalue weighted by Crippen LogP contribution is 2.26. The zero-order valence-corrected chi connectivity index (χ0v) is 11.1. The Balaban J connectivity index is 2.67. The van der Waals surface area contributed by atoms with Gasteiger partial charge < -0.3 is 5.11 Å². The number of halogens is 1. The zero-order valence-electron chi connectivity index (χ0n) is 10.4. The molecule has 2 rings (SSSR count). The Bertz CT molecular complexity index is 609. The highest BCUT2D eigenvalue weighted by molar-refractivity contribution is 6.32. The summed E-state index contributed by atoms with van der Waals surface area (Å²) in [6.45, 7) is 5.92. The van der Waals surface area contributed by atoms with Gasteiger partial charge in [-0.05, 0) is 31.9 Å². The van der Waals surface area contributed by atoms with Gasteiger partial charge in [0, 0.05) is 0 Å². The van der Waals surface area contributed by atoms with Crippen LogP contribution in [0.15, 0.2) is 18.3 Å². The van der Waals surface area contributed by atoms with Gasteiger partial charge in [-0.1, -0.05) is 29.3 Å². The highest BCUT2D eigenvalue weighted by atomic mass is 35.5. The maximum Gasteiger partial charge on any atom is 0.340 e. The molecule has 0 aliphatic carbocycles. The van der Waals surface area contributed by atoms with Gasteiger partial charge >= 0.3 is 5.97 Å². The molecule has 0 aliphatic heterocycles. The fourth-order valence-corrected chi connectivity index (χ4v) is 2.40. The van der Waals surface area contributed by atoms with Crippen molar-refractivity contribution in [1.82, 2.24) is 9.78 Å². The predicted octanol–water partition coefficient (Wildman–Crippen LogP) is 3.15. The molecule has 0 spiro atoms. The van der Waals surface area contributed by atoms with Crippen molar-refractivity contribution in [3.8, 4) is 5.69 Å². The molecular weight excluding hydrogens is 252 g/mol. The number of carbonyl (C=O) groups is 1. The van der Waals surface area contributed by atoms with Crippen molar-refractivity contribution in [3.05, 3.63) is 45.7 Å². The van der Waals surface area contributed by atoms with E-state index in [1.54, 1.807) is 0 Å². The molecule has 0 amide bonds. The van der Waals surface area contributed by atoms with Crippen LogP contribution in [-0.2, 0) is 0 Å². The first-order chi connectivity index (χ1) is 8.41. The average molecular weight is 265 g/mol. The van der Waals surface area contributed by atoms with Crippen LogP contribution < -0.4 is 0 Å². The van der Waals surface area contributed by atoms with Gasteiger partial charge in [-0.2, -0.15) is 5.10 Å². The summed E-state index contributed by atoms with van der Waals surface area (Å²) in [5.74, 6) is -1.08. The van der Waals surface area contributed by atoms with Crippen LogP contribution in [0.25, 0.3) is 5.69 Å². The Kier molecular flexibility index (Phi) is 3.13. The summed E-state index contributed by atoms with van der Waals surface area (Å²) in [6, 6.07) is 4.03. The van der Waals surface area contributed by atoms with Gasteiger partial charge in [0.2, 0.25) is 0 Å². The van der Waals surface area contributed by atoms with E-state index in [0.29, 0.717) is 0 Å². The molecule has 0 saturated carbocycles. The quantitative estimate of drug-likeness (QED) is 0.907. The molecule has 94 valence electrons. The fraction of sp³-hybridized carbons (Fsp3) is 0.231. The lowest BCUT2D eigenvalue weighted by atomic mass is 10.1. The van der Waals surface area contributed by atoms with Crippen LogP contribution in [0, 0.1) is 20.8 Å². The molecule has 0 fully saturated rings. The summed E-state index contributed by atoms with van der Waals surface area (Å²) >= 11 is 6.06. The lowest BCUT2D eigenvalue weighted by molar-refractivity contribution is 0.0697. The summed E-state index contributed by atoms with van der Waals surface area (Å²) < 4.78 is 1.47. The molecule has 18 heavy (non-hydrogen) atoms. The summed E-state index contributed by atoms with van der Waals surface area (Å²) in [4.78, 5) is 11.0. The van der Waals surface area contributed by atoms with Gasteiger partial charge in [-0.25, -0.2) is 9.48 Å². The van der Waals surface area contributed by atoms with Gasteiger partial charge in [0.05, 0.1) is 11.9 Å². The number of benzene rings is 1. The maximum absolute atomic E-state index is 11.0. The molecule has 0 atom stereocenters. The fourth-order valence-electron chi connectivity index (χ4n) is 2.14. The molecule has 5 heteroatoms. The normalized spacial score (nSPS) is 10.7. The van der Waals surface area contributed by atoms with Crippen LogP contribution in [0.1, 0.15) is 27.0 Å². The van der Waals surface area contributed by atoms with E-state index >= 15 is 0 Å². The first-order valence-electron chi connectivity index (χ1n) is 5.47. The SMILES string of the molecule is Cc1cc(C)c(-n2ncc(C(=O)O)c2Cl)c(C)c1. The lowest BCUT2D eigenvalue weighted by Gasteiger charge is -2.12. The third kappa shape index (κ3) is 1.99. The van der Waals surface area contributed by atoms with Crippen molar-refractivity contribution in [3.63, 3.8) is 0 Å². The number of aryl methyl sites for hydroxylation is 3. The van der Waals surface area contributed by atoms with Crippen molar-refractivity contribution < 1.29 is 9.90 Å². The van der Waals surface area contributed by atoms with E-state index in [-0.39, 0.29) is 10.7 Å². The first-order valence-corrected chi connectivity index (χ1v) is 5.84.